The number of hydrogen-bond acceptors (Lipinski definition) is 4. The van der Waals surface area contributed by atoms with Crippen LogP contribution < -0.4 is 9.47 Å². The highest BCUT2D eigenvalue weighted by atomic mass is 16.5. The van der Waals surface area contributed by atoms with Crippen molar-refractivity contribution in [1.82, 2.24) is 4.90 Å². The van der Waals surface area contributed by atoms with Gasteiger partial charge in [0.05, 0.1) is 19.8 Å². The van der Waals surface area contributed by atoms with Gasteiger partial charge in [-0.1, -0.05) is 12.1 Å². The standard InChI is InChI=1S/C19H23NO3/c1-20-11-8-15-13-16(21)7-10-19(15,20)9-6-14-4-5-17(22-2)18(12-14)23-3/h4-5,7,10,12-13H,6,8-9,11H2,1-3H3/t19-/m1/s1. The van der Waals surface area contributed by atoms with Crippen LogP contribution in [0.4, 0.5) is 0 Å². The minimum absolute atomic E-state index is 0.108. The van der Waals surface area contributed by atoms with E-state index in [2.05, 4.69) is 24.1 Å². The van der Waals surface area contributed by atoms with Gasteiger partial charge < -0.3 is 9.47 Å². The van der Waals surface area contributed by atoms with E-state index in [0.29, 0.717) is 0 Å². The van der Waals surface area contributed by atoms with E-state index in [0.717, 1.165) is 37.3 Å². The Morgan fingerprint density at radius 1 is 1.22 bits per heavy atom. The van der Waals surface area contributed by atoms with Gasteiger partial charge in [0.2, 0.25) is 0 Å². The number of methoxy groups -OCH3 is 2. The summed E-state index contributed by atoms with van der Waals surface area (Å²) in [6.07, 6.45) is 8.45. The molecule has 122 valence electrons. The number of ether oxygens (including phenoxy) is 2. The van der Waals surface area contributed by atoms with Crippen molar-refractivity contribution >= 4 is 5.78 Å². The van der Waals surface area contributed by atoms with Crippen LogP contribution in [0.5, 0.6) is 11.5 Å². The molecule has 0 amide bonds. The molecule has 1 fully saturated rings. The van der Waals surface area contributed by atoms with Crippen molar-refractivity contribution in [2.24, 2.45) is 0 Å². The molecule has 4 heteroatoms. The molecule has 0 spiro atoms. The Kier molecular flexibility index (Phi) is 4.26. The highest BCUT2D eigenvalue weighted by Crippen LogP contribution is 2.40. The van der Waals surface area contributed by atoms with Gasteiger partial charge in [-0.3, -0.25) is 9.69 Å². The molecule has 23 heavy (non-hydrogen) atoms. The lowest BCUT2D eigenvalue weighted by Gasteiger charge is -2.36. The van der Waals surface area contributed by atoms with Crippen LogP contribution in [0.25, 0.3) is 0 Å². The zero-order valence-electron chi connectivity index (χ0n) is 14.0. The average Bonchev–Trinajstić information content (AvgIpc) is 2.89. The van der Waals surface area contributed by atoms with Gasteiger partial charge in [0.1, 0.15) is 0 Å². The predicted molar refractivity (Wildman–Crippen MR) is 90.1 cm³/mol. The molecule has 1 aromatic rings. The highest BCUT2D eigenvalue weighted by Gasteiger charge is 2.42. The van der Waals surface area contributed by atoms with Crippen molar-refractivity contribution in [3.63, 3.8) is 0 Å². The van der Waals surface area contributed by atoms with Crippen LogP contribution in [0.1, 0.15) is 18.4 Å². The number of nitrogens with zero attached hydrogens (tertiary/aromatic N) is 1. The molecular weight excluding hydrogens is 290 g/mol. The summed E-state index contributed by atoms with van der Waals surface area (Å²) in [7, 11) is 5.43. The number of fused-ring (bicyclic) bond motifs is 1. The Labute approximate surface area is 137 Å². The van der Waals surface area contributed by atoms with E-state index in [1.807, 2.05) is 18.2 Å². The van der Waals surface area contributed by atoms with E-state index in [1.54, 1.807) is 20.3 Å². The fourth-order valence-corrected chi connectivity index (χ4v) is 3.63. The Morgan fingerprint density at radius 2 is 2.00 bits per heavy atom. The Hall–Kier alpha value is -2.07. The van der Waals surface area contributed by atoms with Gasteiger partial charge in [-0.05, 0) is 61.7 Å². The molecule has 4 nitrogen and oxygen atoms in total. The first-order valence-electron chi connectivity index (χ1n) is 7.95. The number of benzene rings is 1. The number of aryl methyl sites for hydroxylation is 1. The molecule has 1 heterocycles. The lowest BCUT2D eigenvalue weighted by atomic mass is 9.81. The summed E-state index contributed by atoms with van der Waals surface area (Å²) in [5.41, 5.74) is 2.34. The van der Waals surface area contributed by atoms with Crippen LogP contribution in [0.15, 0.2) is 42.0 Å². The van der Waals surface area contributed by atoms with E-state index >= 15 is 0 Å². The van der Waals surface area contributed by atoms with E-state index in [9.17, 15) is 4.79 Å². The SMILES string of the molecule is COc1ccc(CC[C@@]23C=CC(=O)C=C2CCN3C)cc1OC. The number of hydrogen-bond donors (Lipinski definition) is 0. The van der Waals surface area contributed by atoms with Crippen LogP contribution in [0.2, 0.25) is 0 Å². The molecule has 0 saturated carbocycles. The Morgan fingerprint density at radius 3 is 2.74 bits per heavy atom. The minimum atomic E-state index is -0.110. The minimum Gasteiger partial charge on any atom is -0.493 e. The molecular formula is C19H23NO3. The molecule has 1 aromatic carbocycles. The number of rotatable bonds is 5. The monoisotopic (exact) mass is 313 g/mol. The lowest BCUT2D eigenvalue weighted by Crippen LogP contribution is -2.42. The summed E-state index contributed by atoms with van der Waals surface area (Å²) in [5.74, 6) is 1.61. The number of carbonyl (C=O) groups excluding carboxylic acids is 1. The molecule has 0 bridgehead atoms. The van der Waals surface area contributed by atoms with Gasteiger partial charge in [0.15, 0.2) is 17.3 Å². The number of likely N-dealkylation sites (tertiary alicyclic amines) is 1. The summed E-state index contributed by atoms with van der Waals surface area (Å²) in [5, 5.41) is 0. The fourth-order valence-electron chi connectivity index (χ4n) is 3.63. The smallest absolute Gasteiger partial charge is 0.178 e. The van der Waals surface area contributed by atoms with Crippen molar-refractivity contribution in [3.8, 4) is 11.5 Å². The summed E-state index contributed by atoms with van der Waals surface area (Å²) in [4.78, 5) is 14.0. The highest BCUT2D eigenvalue weighted by molar-refractivity contribution is 6.01. The zero-order valence-corrected chi connectivity index (χ0v) is 14.0. The third-order valence-corrected chi connectivity index (χ3v) is 5.04. The first-order chi connectivity index (χ1) is 11.1. The van der Waals surface area contributed by atoms with Crippen molar-refractivity contribution in [3.05, 3.63) is 47.6 Å². The second kappa shape index (κ2) is 6.20. The maximum Gasteiger partial charge on any atom is 0.178 e. The van der Waals surface area contributed by atoms with Crippen molar-refractivity contribution in [2.45, 2.75) is 24.8 Å². The normalized spacial score (nSPS) is 23.6. The number of carbonyl (C=O) groups is 1. The van der Waals surface area contributed by atoms with Gasteiger partial charge in [-0.2, -0.15) is 0 Å². The summed E-state index contributed by atoms with van der Waals surface area (Å²) < 4.78 is 10.7. The van der Waals surface area contributed by atoms with Crippen LogP contribution in [0, 0.1) is 0 Å². The second-order valence-electron chi connectivity index (χ2n) is 6.19. The number of likely N-dealkylation sites (N-methyl/N-ethyl adjacent to an activating group) is 1. The van der Waals surface area contributed by atoms with Gasteiger partial charge in [-0.15, -0.1) is 0 Å². The molecule has 1 atom stereocenters. The predicted octanol–water partition coefficient (Wildman–Crippen LogP) is 2.78. The third-order valence-electron chi connectivity index (χ3n) is 5.04. The molecule has 1 saturated heterocycles. The second-order valence-corrected chi connectivity index (χ2v) is 6.19. The molecule has 0 N–H and O–H groups in total. The molecule has 1 aliphatic carbocycles. The van der Waals surface area contributed by atoms with E-state index in [-0.39, 0.29) is 11.3 Å². The third kappa shape index (κ3) is 2.79. The average molecular weight is 313 g/mol. The lowest BCUT2D eigenvalue weighted by molar-refractivity contribution is -0.110. The molecule has 0 aromatic heterocycles. The fraction of sp³-hybridized carbons (Fsp3) is 0.421. The topological polar surface area (TPSA) is 38.8 Å². The first-order valence-corrected chi connectivity index (χ1v) is 7.95. The number of allylic oxidation sites excluding steroid dienone is 2. The maximum atomic E-state index is 11.7. The largest absolute Gasteiger partial charge is 0.493 e. The molecule has 3 rings (SSSR count). The summed E-state index contributed by atoms with van der Waals surface area (Å²) in [6, 6.07) is 6.06. The van der Waals surface area contributed by atoms with E-state index < -0.39 is 0 Å². The van der Waals surface area contributed by atoms with Crippen molar-refractivity contribution in [1.29, 1.82) is 0 Å². The molecule has 1 aliphatic heterocycles. The molecule has 0 unspecified atom stereocenters. The van der Waals surface area contributed by atoms with Crippen molar-refractivity contribution in [2.75, 3.05) is 27.8 Å². The van der Waals surface area contributed by atoms with Crippen LogP contribution in [-0.4, -0.2) is 44.0 Å². The van der Waals surface area contributed by atoms with Gasteiger partial charge in [-0.25, -0.2) is 0 Å². The van der Waals surface area contributed by atoms with E-state index in [1.165, 1.54) is 11.1 Å². The summed E-state index contributed by atoms with van der Waals surface area (Å²) >= 11 is 0. The van der Waals surface area contributed by atoms with Gasteiger partial charge in [0.25, 0.3) is 0 Å². The van der Waals surface area contributed by atoms with Gasteiger partial charge >= 0.3 is 0 Å². The zero-order chi connectivity index (χ0) is 16.4. The van der Waals surface area contributed by atoms with E-state index in [4.69, 9.17) is 9.47 Å². The van der Waals surface area contributed by atoms with Gasteiger partial charge in [0, 0.05) is 6.54 Å². The molecule has 2 aliphatic rings. The summed E-state index contributed by atoms with van der Waals surface area (Å²) in [6.45, 7) is 0.995. The first kappa shape index (κ1) is 15.8. The maximum absolute atomic E-state index is 11.7. The number of ketones is 1. The van der Waals surface area contributed by atoms with Crippen LogP contribution in [-0.2, 0) is 11.2 Å². The molecule has 0 radical (unpaired) electrons. The quantitative estimate of drug-likeness (QED) is 0.838. The Balaban J connectivity index is 1.81. The van der Waals surface area contributed by atoms with Crippen molar-refractivity contribution < 1.29 is 14.3 Å². The van der Waals surface area contributed by atoms with Crippen LogP contribution >= 0.6 is 0 Å². The van der Waals surface area contributed by atoms with Crippen LogP contribution in [0.3, 0.4) is 0 Å². The Bertz CT molecular complexity index is 677.